The monoisotopic (exact) mass is 310 g/mol. The number of carbonyl (C=O) groups is 1. The molecule has 0 fully saturated rings. The molecule has 0 radical (unpaired) electrons. The largest absolute Gasteiger partial charge is 0.465 e. The Bertz CT molecular complexity index is 610. The second-order valence-corrected chi connectivity index (χ2v) is 5.42. The number of ether oxygens (including phenoxy) is 1. The van der Waals surface area contributed by atoms with Gasteiger partial charge >= 0.3 is 12.1 Å². The van der Waals surface area contributed by atoms with Crippen LogP contribution in [0.25, 0.3) is 0 Å². The van der Waals surface area contributed by atoms with Gasteiger partial charge in [0.2, 0.25) is 0 Å². The molecule has 0 saturated heterocycles. The van der Waals surface area contributed by atoms with E-state index in [2.05, 4.69) is 4.74 Å². The van der Waals surface area contributed by atoms with Crippen molar-refractivity contribution in [2.75, 3.05) is 7.11 Å². The molecule has 1 aromatic rings. The van der Waals surface area contributed by atoms with Gasteiger partial charge < -0.3 is 4.74 Å². The normalized spacial score (nSPS) is 18.5. The highest BCUT2D eigenvalue weighted by Crippen LogP contribution is 2.37. The minimum Gasteiger partial charge on any atom is -0.465 e. The van der Waals surface area contributed by atoms with Crippen LogP contribution in [0, 0.1) is 5.92 Å². The predicted octanol–water partition coefficient (Wildman–Crippen LogP) is 4.47. The SMILES string of the molecule is COC(=O)c1ccc(CC2=CC=C(C(F)(F)F)C(C)C2)cc1. The van der Waals surface area contributed by atoms with Crippen molar-refractivity contribution in [2.24, 2.45) is 5.92 Å². The van der Waals surface area contributed by atoms with Crippen LogP contribution in [0.5, 0.6) is 0 Å². The minimum atomic E-state index is -4.26. The maximum absolute atomic E-state index is 12.8. The molecule has 0 N–H and O–H groups in total. The third-order valence-corrected chi connectivity index (χ3v) is 3.73. The Morgan fingerprint density at radius 3 is 2.36 bits per heavy atom. The number of halogens is 3. The van der Waals surface area contributed by atoms with Gasteiger partial charge in [-0.2, -0.15) is 13.2 Å². The molecule has 0 aliphatic heterocycles. The van der Waals surface area contributed by atoms with Crippen molar-refractivity contribution in [3.05, 3.63) is 58.7 Å². The lowest BCUT2D eigenvalue weighted by molar-refractivity contribution is -0.0985. The van der Waals surface area contributed by atoms with E-state index in [1.165, 1.54) is 13.2 Å². The van der Waals surface area contributed by atoms with Gasteiger partial charge in [0.15, 0.2) is 0 Å². The highest BCUT2D eigenvalue weighted by atomic mass is 19.4. The van der Waals surface area contributed by atoms with Gasteiger partial charge in [-0.1, -0.05) is 36.8 Å². The average molecular weight is 310 g/mol. The van der Waals surface area contributed by atoms with E-state index in [-0.39, 0.29) is 0 Å². The lowest BCUT2D eigenvalue weighted by atomic mass is 9.85. The predicted molar refractivity (Wildman–Crippen MR) is 77.5 cm³/mol. The number of hydrogen-bond donors (Lipinski definition) is 0. The molecular weight excluding hydrogens is 293 g/mol. The Balaban J connectivity index is 2.10. The van der Waals surface area contributed by atoms with Crippen molar-refractivity contribution in [1.82, 2.24) is 0 Å². The smallest absolute Gasteiger partial charge is 0.412 e. The number of allylic oxidation sites excluding steroid dienone is 4. The van der Waals surface area contributed by atoms with Crippen LogP contribution in [-0.2, 0) is 11.2 Å². The average Bonchev–Trinajstić information content (AvgIpc) is 2.46. The van der Waals surface area contributed by atoms with Crippen LogP contribution in [0.4, 0.5) is 13.2 Å². The molecular formula is C17H17F3O2. The van der Waals surface area contributed by atoms with Crippen molar-refractivity contribution in [3.63, 3.8) is 0 Å². The van der Waals surface area contributed by atoms with Crippen molar-refractivity contribution in [3.8, 4) is 0 Å². The number of alkyl halides is 3. The number of esters is 1. The molecule has 0 amide bonds. The summed E-state index contributed by atoms with van der Waals surface area (Å²) < 4.78 is 42.9. The van der Waals surface area contributed by atoms with Crippen molar-refractivity contribution in [1.29, 1.82) is 0 Å². The lowest BCUT2D eigenvalue weighted by Crippen LogP contribution is -2.20. The van der Waals surface area contributed by atoms with Crippen LogP contribution in [0.15, 0.2) is 47.6 Å². The summed E-state index contributed by atoms with van der Waals surface area (Å²) >= 11 is 0. The van der Waals surface area contributed by atoms with Crippen molar-refractivity contribution >= 4 is 5.97 Å². The van der Waals surface area contributed by atoms with Crippen LogP contribution in [0.2, 0.25) is 0 Å². The molecule has 5 heteroatoms. The van der Waals surface area contributed by atoms with E-state index in [0.29, 0.717) is 18.4 Å². The fourth-order valence-corrected chi connectivity index (χ4v) is 2.59. The zero-order valence-electron chi connectivity index (χ0n) is 12.4. The lowest BCUT2D eigenvalue weighted by Gasteiger charge is -2.23. The molecule has 1 aliphatic rings. The van der Waals surface area contributed by atoms with Crippen LogP contribution in [-0.4, -0.2) is 19.3 Å². The number of benzene rings is 1. The summed E-state index contributed by atoms with van der Waals surface area (Å²) in [4.78, 5) is 11.3. The molecule has 0 aromatic heterocycles. The third kappa shape index (κ3) is 3.78. The summed E-state index contributed by atoms with van der Waals surface area (Å²) in [6, 6.07) is 6.90. The van der Waals surface area contributed by atoms with Crippen molar-refractivity contribution < 1.29 is 22.7 Å². The molecule has 2 rings (SSSR count). The molecule has 22 heavy (non-hydrogen) atoms. The zero-order valence-corrected chi connectivity index (χ0v) is 12.4. The first-order valence-electron chi connectivity index (χ1n) is 6.95. The van der Waals surface area contributed by atoms with Gasteiger partial charge in [-0.3, -0.25) is 0 Å². The van der Waals surface area contributed by atoms with Gasteiger partial charge in [0, 0.05) is 5.57 Å². The van der Waals surface area contributed by atoms with Gasteiger partial charge in [0.05, 0.1) is 12.7 Å². The molecule has 118 valence electrons. The molecule has 0 bridgehead atoms. The first-order valence-corrected chi connectivity index (χ1v) is 6.95. The van der Waals surface area contributed by atoms with Gasteiger partial charge in [0.25, 0.3) is 0 Å². The van der Waals surface area contributed by atoms with Gasteiger partial charge in [-0.15, -0.1) is 0 Å². The van der Waals surface area contributed by atoms with E-state index in [0.717, 1.165) is 11.1 Å². The van der Waals surface area contributed by atoms with Crippen LogP contribution in [0.3, 0.4) is 0 Å². The Kier molecular flexibility index (Phi) is 4.74. The zero-order chi connectivity index (χ0) is 16.3. The standard InChI is InChI=1S/C17H17F3O2/c1-11-9-13(5-8-15(11)17(18,19)20)10-12-3-6-14(7-4-12)16(21)22-2/h3-8,11H,9-10H2,1-2H3. The van der Waals surface area contributed by atoms with Gasteiger partial charge in [0.1, 0.15) is 0 Å². The Hall–Kier alpha value is -2.04. The topological polar surface area (TPSA) is 26.3 Å². The Labute approximate surface area is 127 Å². The molecule has 1 unspecified atom stereocenters. The molecule has 2 nitrogen and oxygen atoms in total. The van der Waals surface area contributed by atoms with E-state index < -0.39 is 23.6 Å². The highest BCUT2D eigenvalue weighted by Gasteiger charge is 2.37. The number of methoxy groups -OCH3 is 1. The Morgan fingerprint density at radius 1 is 1.23 bits per heavy atom. The fourth-order valence-electron chi connectivity index (χ4n) is 2.59. The number of rotatable bonds is 3. The second kappa shape index (κ2) is 6.38. The minimum absolute atomic E-state index is 0.393. The molecule has 0 heterocycles. The quantitative estimate of drug-likeness (QED) is 0.770. The number of hydrogen-bond acceptors (Lipinski definition) is 2. The fraction of sp³-hybridized carbons (Fsp3) is 0.353. The molecule has 0 spiro atoms. The van der Waals surface area contributed by atoms with E-state index in [1.807, 2.05) is 0 Å². The van der Waals surface area contributed by atoms with Gasteiger partial charge in [-0.25, -0.2) is 4.79 Å². The number of carbonyl (C=O) groups excluding carboxylic acids is 1. The first-order chi connectivity index (χ1) is 10.3. The molecule has 0 saturated carbocycles. The van der Waals surface area contributed by atoms with E-state index in [1.54, 1.807) is 37.3 Å². The summed E-state index contributed by atoms with van der Waals surface area (Å²) in [7, 11) is 1.31. The highest BCUT2D eigenvalue weighted by molar-refractivity contribution is 5.89. The summed E-state index contributed by atoms with van der Waals surface area (Å²) in [6.07, 6.45) is -0.565. The molecule has 1 aliphatic carbocycles. The summed E-state index contributed by atoms with van der Waals surface area (Å²) in [5.41, 5.74) is 1.88. The van der Waals surface area contributed by atoms with Crippen LogP contribution in [0.1, 0.15) is 29.3 Å². The first kappa shape index (κ1) is 16.3. The second-order valence-electron chi connectivity index (χ2n) is 5.42. The molecule has 1 aromatic carbocycles. The summed E-state index contributed by atoms with van der Waals surface area (Å²) in [5, 5.41) is 0. The van der Waals surface area contributed by atoms with Crippen LogP contribution >= 0.6 is 0 Å². The maximum Gasteiger partial charge on any atom is 0.412 e. The third-order valence-electron chi connectivity index (χ3n) is 3.73. The van der Waals surface area contributed by atoms with E-state index >= 15 is 0 Å². The maximum atomic E-state index is 12.8. The van der Waals surface area contributed by atoms with Crippen molar-refractivity contribution in [2.45, 2.75) is 25.9 Å². The summed E-state index contributed by atoms with van der Waals surface area (Å²) in [6.45, 7) is 1.59. The Morgan fingerprint density at radius 2 is 1.86 bits per heavy atom. The molecule has 1 atom stereocenters. The summed E-state index contributed by atoms with van der Waals surface area (Å²) in [5.74, 6) is -0.941. The van der Waals surface area contributed by atoms with E-state index in [4.69, 9.17) is 0 Å². The van der Waals surface area contributed by atoms with Gasteiger partial charge in [-0.05, 0) is 36.5 Å². The van der Waals surface area contributed by atoms with Crippen LogP contribution < -0.4 is 0 Å². The van der Waals surface area contributed by atoms with E-state index in [9.17, 15) is 18.0 Å².